The van der Waals surface area contributed by atoms with Crippen molar-refractivity contribution in [2.75, 3.05) is 0 Å². The lowest BCUT2D eigenvalue weighted by molar-refractivity contribution is -0.132. The van der Waals surface area contributed by atoms with Crippen molar-refractivity contribution >= 4 is 5.78 Å². The average Bonchev–Trinajstić information content (AvgIpc) is 2.51. The first kappa shape index (κ1) is 22.7. The predicted octanol–water partition coefficient (Wildman–Crippen LogP) is 5.79. The molecule has 2 nitrogen and oxygen atoms in total. The summed E-state index contributed by atoms with van der Waals surface area (Å²) in [5.74, 6) is 0.315. The lowest BCUT2D eigenvalue weighted by Crippen LogP contribution is -2.40. The van der Waals surface area contributed by atoms with E-state index in [0.29, 0.717) is 11.3 Å². The highest BCUT2D eigenvalue weighted by atomic mass is 19.4. The number of carbonyl (C=O) groups excluding carboxylic acids is 1. The van der Waals surface area contributed by atoms with Crippen molar-refractivity contribution in [1.82, 2.24) is 0 Å². The third kappa shape index (κ3) is 7.48. The van der Waals surface area contributed by atoms with E-state index in [-0.39, 0.29) is 5.41 Å². The topological polar surface area (TPSA) is 37.3 Å². The highest BCUT2D eigenvalue weighted by molar-refractivity contribution is 5.82. The van der Waals surface area contributed by atoms with E-state index in [4.69, 9.17) is 0 Å². The first-order valence-electron chi connectivity index (χ1n) is 9.25. The zero-order chi connectivity index (χ0) is 20.0. The van der Waals surface area contributed by atoms with Crippen LogP contribution in [0.5, 0.6) is 0 Å². The molecule has 0 spiro atoms. The maximum Gasteiger partial charge on any atom is 0.393 e. The summed E-state index contributed by atoms with van der Waals surface area (Å²) in [6.45, 7) is 7.55. The zero-order valence-corrected chi connectivity index (χ0v) is 16.2. The Morgan fingerprint density at radius 3 is 2.00 bits per heavy atom. The third-order valence-electron chi connectivity index (χ3n) is 5.28. The monoisotopic (exact) mass is 372 g/mol. The molecule has 0 atom stereocenters. The van der Waals surface area contributed by atoms with Crippen molar-refractivity contribution in [3.63, 3.8) is 0 Å². The molecule has 0 amide bonds. The van der Waals surface area contributed by atoms with Crippen LogP contribution < -0.4 is 0 Å². The molecule has 2 rings (SSSR count). The Morgan fingerprint density at radius 2 is 1.62 bits per heavy atom. The summed E-state index contributed by atoms with van der Waals surface area (Å²) in [7, 11) is 0. The number of hydrogen-bond donors (Lipinski definition) is 1. The molecule has 1 fully saturated rings. The van der Waals surface area contributed by atoms with Crippen LogP contribution in [-0.2, 0) is 11.2 Å². The number of carbonyl (C=O) groups is 1. The lowest BCUT2D eigenvalue weighted by atomic mass is 9.65. The largest absolute Gasteiger partial charge is 0.393 e. The lowest BCUT2D eigenvalue weighted by Gasteiger charge is -2.41. The Labute approximate surface area is 154 Å². The highest BCUT2D eigenvalue weighted by Crippen LogP contribution is 2.44. The number of ketones is 1. The highest BCUT2D eigenvalue weighted by Gasteiger charge is 2.41. The van der Waals surface area contributed by atoms with Gasteiger partial charge in [-0.05, 0) is 58.4 Å². The van der Waals surface area contributed by atoms with Crippen LogP contribution in [0.15, 0.2) is 24.3 Å². The van der Waals surface area contributed by atoms with E-state index < -0.39 is 18.2 Å². The molecule has 5 heteroatoms. The molecular formula is C21H31F3O2. The number of alkyl halides is 3. The molecule has 1 aliphatic carbocycles. The van der Waals surface area contributed by atoms with E-state index in [1.54, 1.807) is 19.1 Å². The molecule has 148 valence electrons. The van der Waals surface area contributed by atoms with Crippen molar-refractivity contribution < 1.29 is 23.1 Å². The summed E-state index contributed by atoms with van der Waals surface area (Å²) < 4.78 is 35.5. The summed E-state index contributed by atoms with van der Waals surface area (Å²) in [6, 6.07) is 6.37. The van der Waals surface area contributed by atoms with Crippen LogP contribution >= 0.6 is 0 Å². The summed E-state index contributed by atoms with van der Waals surface area (Å²) in [5, 5.41) is 9.85. The molecular weight excluding hydrogens is 341 g/mol. The van der Waals surface area contributed by atoms with Crippen LogP contribution in [0.2, 0.25) is 0 Å². The van der Waals surface area contributed by atoms with Gasteiger partial charge < -0.3 is 5.11 Å². The molecule has 0 heterocycles. The van der Waals surface area contributed by atoms with E-state index in [0.717, 1.165) is 44.1 Å². The molecule has 0 unspecified atom stereocenters. The first-order chi connectivity index (χ1) is 11.9. The van der Waals surface area contributed by atoms with Crippen molar-refractivity contribution in [3.05, 3.63) is 35.4 Å². The zero-order valence-electron chi connectivity index (χ0n) is 16.2. The third-order valence-corrected chi connectivity index (χ3v) is 5.28. The second kappa shape index (κ2) is 9.03. The number of halogens is 3. The van der Waals surface area contributed by atoms with Crippen molar-refractivity contribution in [1.29, 1.82) is 0 Å². The van der Waals surface area contributed by atoms with E-state index in [9.17, 15) is 23.1 Å². The second-order valence-electron chi connectivity index (χ2n) is 7.86. The Kier molecular flexibility index (Phi) is 7.87. The summed E-state index contributed by atoms with van der Waals surface area (Å²) in [5.41, 5.74) is 0.637. The molecule has 0 aromatic heterocycles. The van der Waals surface area contributed by atoms with Gasteiger partial charge in [0.05, 0.1) is 12.0 Å². The van der Waals surface area contributed by atoms with Crippen LogP contribution in [-0.4, -0.2) is 22.7 Å². The molecule has 1 aromatic carbocycles. The van der Waals surface area contributed by atoms with Gasteiger partial charge in [0.25, 0.3) is 0 Å². The number of benzene rings is 1. The van der Waals surface area contributed by atoms with E-state index >= 15 is 0 Å². The summed E-state index contributed by atoms with van der Waals surface area (Å²) >= 11 is 0. The Balaban J connectivity index is 0.000000263. The van der Waals surface area contributed by atoms with Gasteiger partial charge in [-0.1, -0.05) is 43.2 Å². The Morgan fingerprint density at radius 1 is 1.12 bits per heavy atom. The molecule has 1 saturated carbocycles. The van der Waals surface area contributed by atoms with Crippen molar-refractivity contribution in [2.45, 2.75) is 84.4 Å². The summed E-state index contributed by atoms with van der Waals surface area (Å²) in [6.07, 6.45) is 0.369. The molecule has 1 aromatic rings. The van der Waals surface area contributed by atoms with Gasteiger partial charge in [0, 0.05) is 5.41 Å². The fraction of sp³-hybridized carbons (Fsp3) is 0.667. The summed E-state index contributed by atoms with van der Waals surface area (Å²) in [4.78, 5) is 11.6. The van der Waals surface area contributed by atoms with Crippen molar-refractivity contribution in [3.8, 4) is 0 Å². The number of aliphatic hydroxyl groups is 1. The minimum absolute atomic E-state index is 0.114. The van der Waals surface area contributed by atoms with Crippen LogP contribution in [0.3, 0.4) is 0 Å². The SMILES string of the molecule is CCCC1(C(C)=O)CCC(C)(O)CC1.Cc1ccc(CC(F)(F)F)cc1. The van der Waals surface area contributed by atoms with Gasteiger partial charge in [0.15, 0.2) is 0 Å². The van der Waals surface area contributed by atoms with Gasteiger partial charge in [-0.3, -0.25) is 4.79 Å². The molecule has 1 aliphatic rings. The minimum Gasteiger partial charge on any atom is -0.390 e. The molecule has 1 N–H and O–H groups in total. The number of hydrogen-bond acceptors (Lipinski definition) is 2. The van der Waals surface area contributed by atoms with E-state index in [2.05, 4.69) is 6.92 Å². The molecule has 0 bridgehead atoms. The van der Waals surface area contributed by atoms with Gasteiger partial charge in [-0.25, -0.2) is 0 Å². The van der Waals surface area contributed by atoms with Crippen LogP contribution in [0.25, 0.3) is 0 Å². The quantitative estimate of drug-likeness (QED) is 0.727. The molecule has 0 saturated heterocycles. The number of rotatable bonds is 4. The van der Waals surface area contributed by atoms with E-state index in [1.165, 1.54) is 12.1 Å². The second-order valence-corrected chi connectivity index (χ2v) is 7.86. The first-order valence-corrected chi connectivity index (χ1v) is 9.25. The maximum atomic E-state index is 11.8. The Bertz CT molecular complexity index is 564. The Hall–Kier alpha value is -1.36. The standard InChI is InChI=1S/C12H22O2.C9H9F3/c1-4-5-12(10(2)13)8-6-11(3,14)7-9-12;1-7-2-4-8(5-3-7)6-9(10,11)12/h14H,4-9H2,1-3H3;2-5H,6H2,1H3. The smallest absolute Gasteiger partial charge is 0.390 e. The predicted molar refractivity (Wildman–Crippen MR) is 98.1 cm³/mol. The van der Waals surface area contributed by atoms with Crippen LogP contribution in [0, 0.1) is 12.3 Å². The van der Waals surface area contributed by atoms with Gasteiger partial charge in [0.1, 0.15) is 5.78 Å². The maximum absolute atomic E-state index is 11.8. The minimum atomic E-state index is -4.10. The van der Waals surface area contributed by atoms with E-state index in [1.807, 2.05) is 13.8 Å². The normalized spacial score (nSPS) is 26.0. The van der Waals surface area contributed by atoms with Crippen LogP contribution in [0.4, 0.5) is 13.2 Å². The fourth-order valence-electron chi connectivity index (χ4n) is 3.46. The average molecular weight is 372 g/mol. The van der Waals surface area contributed by atoms with Gasteiger partial charge in [0.2, 0.25) is 0 Å². The van der Waals surface area contributed by atoms with Gasteiger partial charge in [-0.15, -0.1) is 0 Å². The molecule has 0 aliphatic heterocycles. The van der Waals surface area contributed by atoms with Crippen molar-refractivity contribution in [2.24, 2.45) is 5.41 Å². The van der Waals surface area contributed by atoms with Gasteiger partial charge in [-0.2, -0.15) is 13.2 Å². The number of Topliss-reactive ketones (excluding diaryl/α,β-unsaturated/α-hetero) is 1. The molecule has 0 radical (unpaired) electrons. The molecule has 26 heavy (non-hydrogen) atoms. The van der Waals surface area contributed by atoms with Crippen LogP contribution in [0.1, 0.15) is 70.4 Å². The fourth-order valence-corrected chi connectivity index (χ4v) is 3.46. The van der Waals surface area contributed by atoms with Gasteiger partial charge >= 0.3 is 6.18 Å². The number of aryl methyl sites for hydroxylation is 1.